The minimum Gasteiger partial charge on any atom is -0.469 e. The summed E-state index contributed by atoms with van der Waals surface area (Å²) in [7, 11) is 1.27. The highest BCUT2D eigenvalue weighted by molar-refractivity contribution is 5.69. The summed E-state index contributed by atoms with van der Waals surface area (Å²) in [6.45, 7) is 3.44. The standard InChI is InChI=1S/C9H15NO4/c1-7(2)4-8(6-10(12)13)5-9(11)14-3/h4,8H,5-6H2,1-3H3. The van der Waals surface area contributed by atoms with Gasteiger partial charge in [0.15, 0.2) is 0 Å². The first-order valence-electron chi connectivity index (χ1n) is 4.29. The van der Waals surface area contributed by atoms with Gasteiger partial charge in [-0.15, -0.1) is 0 Å². The predicted molar refractivity (Wildman–Crippen MR) is 51.4 cm³/mol. The molecule has 0 amide bonds. The third-order valence-electron chi connectivity index (χ3n) is 1.61. The molecular formula is C9H15NO4. The van der Waals surface area contributed by atoms with Crippen LogP contribution in [-0.2, 0) is 9.53 Å². The van der Waals surface area contributed by atoms with Crippen LogP contribution in [0.15, 0.2) is 11.6 Å². The maximum Gasteiger partial charge on any atom is 0.306 e. The molecule has 0 radical (unpaired) electrons. The van der Waals surface area contributed by atoms with Crippen molar-refractivity contribution < 1.29 is 14.5 Å². The number of nitrogens with zero attached hydrogens (tertiary/aromatic N) is 1. The Morgan fingerprint density at radius 2 is 2.14 bits per heavy atom. The number of carbonyl (C=O) groups is 1. The van der Waals surface area contributed by atoms with E-state index in [0.717, 1.165) is 5.57 Å². The molecule has 0 fully saturated rings. The molecule has 0 bridgehead atoms. The molecule has 1 unspecified atom stereocenters. The lowest BCUT2D eigenvalue weighted by Gasteiger charge is -2.06. The van der Waals surface area contributed by atoms with Crippen molar-refractivity contribution in [2.45, 2.75) is 20.3 Å². The van der Waals surface area contributed by atoms with Crippen LogP contribution in [0, 0.1) is 16.0 Å². The second-order valence-electron chi connectivity index (χ2n) is 3.30. The third kappa shape index (κ3) is 6.16. The van der Waals surface area contributed by atoms with E-state index >= 15 is 0 Å². The number of hydrogen-bond donors (Lipinski definition) is 0. The fraction of sp³-hybridized carbons (Fsp3) is 0.667. The molecule has 0 aliphatic carbocycles. The lowest BCUT2D eigenvalue weighted by atomic mass is 10.0. The third-order valence-corrected chi connectivity index (χ3v) is 1.61. The van der Waals surface area contributed by atoms with E-state index in [2.05, 4.69) is 4.74 Å². The Morgan fingerprint density at radius 1 is 1.57 bits per heavy atom. The molecule has 0 aromatic heterocycles. The van der Waals surface area contributed by atoms with Crippen LogP contribution in [0.4, 0.5) is 0 Å². The summed E-state index contributed by atoms with van der Waals surface area (Å²) in [6, 6.07) is 0. The molecule has 0 aliphatic heterocycles. The molecule has 0 aromatic carbocycles. The van der Waals surface area contributed by atoms with E-state index < -0.39 is 10.9 Å². The molecule has 0 heterocycles. The van der Waals surface area contributed by atoms with Gasteiger partial charge < -0.3 is 4.74 Å². The van der Waals surface area contributed by atoms with Crippen molar-refractivity contribution in [3.8, 4) is 0 Å². The molecule has 0 saturated heterocycles. The first-order valence-corrected chi connectivity index (χ1v) is 4.29. The summed E-state index contributed by atoms with van der Waals surface area (Å²) in [5.74, 6) is -0.795. The van der Waals surface area contributed by atoms with Crippen molar-refractivity contribution in [1.29, 1.82) is 0 Å². The Hall–Kier alpha value is -1.39. The van der Waals surface area contributed by atoms with Gasteiger partial charge in [0.25, 0.3) is 0 Å². The van der Waals surface area contributed by atoms with Gasteiger partial charge in [0.1, 0.15) is 0 Å². The maximum absolute atomic E-state index is 10.9. The monoisotopic (exact) mass is 201 g/mol. The maximum atomic E-state index is 10.9. The Bertz CT molecular complexity index is 243. The summed E-state index contributed by atoms with van der Waals surface area (Å²) in [5, 5.41) is 10.3. The molecule has 14 heavy (non-hydrogen) atoms. The largest absolute Gasteiger partial charge is 0.469 e. The normalized spacial score (nSPS) is 11.6. The van der Waals surface area contributed by atoms with Gasteiger partial charge in [-0.25, -0.2) is 0 Å². The van der Waals surface area contributed by atoms with Gasteiger partial charge >= 0.3 is 5.97 Å². The fourth-order valence-electron chi connectivity index (χ4n) is 1.14. The van der Waals surface area contributed by atoms with E-state index in [4.69, 9.17) is 0 Å². The quantitative estimate of drug-likeness (QED) is 0.292. The highest BCUT2D eigenvalue weighted by atomic mass is 16.6. The first-order chi connectivity index (χ1) is 6.45. The van der Waals surface area contributed by atoms with Crippen LogP contribution in [0.3, 0.4) is 0 Å². The van der Waals surface area contributed by atoms with Crippen molar-refractivity contribution in [1.82, 2.24) is 0 Å². The minimum atomic E-state index is -0.424. The van der Waals surface area contributed by atoms with Crippen molar-refractivity contribution in [2.75, 3.05) is 13.7 Å². The van der Waals surface area contributed by atoms with Crippen molar-refractivity contribution in [3.63, 3.8) is 0 Å². The van der Waals surface area contributed by atoms with Gasteiger partial charge in [-0.1, -0.05) is 11.6 Å². The highest BCUT2D eigenvalue weighted by Gasteiger charge is 2.17. The Morgan fingerprint density at radius 3 is 2.50 bits per heavy atom. The summed E-state index contributed by atoms with van der Waals surface area (Å²) >= 11 is 0. The zero-order chi connectivity index (χ0) is 11.1. The van der Waals surface area contributed by atoms with Crippen LogP contribution in [0.2, 0.25) is 0 Å². The van der Waals surface area contributed by atoms with E-state index in [9.17, 15) is 14.9 Å². The average molecular weight is 201 g/mol. The zero-order valence-electron chi connectivity index (χ0n) is 8.65. The molecule has 5 heteroatoms. The van der Waals surface area contributed by atoms with E-state index in [1.165, 1.54) is 7.11 Å². The van der Waals surface area contributed by atoms with Crippen LogP contribution in [0.25, 0.3) is 0 Å². The number of hydrogen-bond acceptors (Lipinski definition) is 4. The lowest BCUT2D eigenvalue weighted by Crippen LogP contribution is -2.17. The summed E-state index contributed by atoms with van der Waals surface area (Å²) in [6.07, 6.45) is 1.78. The summed E-state index contributed by atoms with van der Waals surface area (Å²) in [4.78, 5) is 20.8. The molecule has 0 spiro atoms. The SMILES string of the molecule is COC(=O)CC(C=C(C)C)C[N+](=O)[O-]. The van der Waals surface area contributed by atoms with Crippen LogP contribution in [-0.4, -0.2) is 24.5 Å². The molecule has 80 valence electrons. The fourth-order valence-corrected chi connectivity index (χ4v) is 1.14. The van der Waals surface area contributed by atoms with Gasteiger partial charge in [-0.2, -0.15) is 0 Å². The van der Waals surface area contributed by atoms with E-state index in [-0.39, 0.29) is 18.9 Å². The first kappa shape index (κ1) is 12.6. The van der Waals surface area contributed by atoms with Gasteiger partial charge in [0.05, 0.1) is 19.4 Å². The van der Waals surface area contributed by atoms with Crippen LogP contribution in [0.1, 0.15) is 20.3 Å². The van der Waals surface area contributed by atoms with Crippen molar-refractivity contribution >= 4 is 5.97 Å². The average Bonchev–Trinajstić information content (AvgIpc) is 2.01. The minimum absolute atomic E-state index is 0.0582. The van der Waals surface area contributed by atoms with E-state index in [0.29, 0.717) is 0 Å². The summed E-state index contributed by atoms with van der Waals surface area (Å²) < 4.78 is 4.45. The number of carbonyl (C=O) groups excluding carboxylic acids is 1. The molecule has 0 aromatic rings. The highest BCUT2D eigenvalue weighted by Crippen LogP contribution is 2.09. The van der Waals surface area contributed by atoms with Crippen molar-refractivity contribution in [2.24, 2.45) is 5.92 Å². The predicted octanol–water partition coefficient (Wildman–Crippen LogP) is 1.41. The van der Waals surface area contributed by atoms with Crippen LogP contribution < -0.4 is 0 Å². The smallest absolute Gasteiger partial charge is 0.306 e. The van der Waals surface area contributed by atoms with Crippen molar-refractivity contribution in [3.05, 3.63) is 21.8 Å². The number of allylic oxidation sites excluding steroid dienone is 1. The van der Waals surface area contributed by atoms with Gasteiger partial charge in [0, 0.05) is 4.92 Å². The van der Waals surface area contributed by atoms with Crippen LogP contribution >= 0.6 is 0 Å². The van der Waals surface area contributed by atoms with E-state index in [1.54, 1.807) is 6.08 Å². The molecule has 5 nitrogen and oxygen atoms in total. The molecule has 0 N–H and O–H groups in total. The molecule has 0 aliphatic rings. The lowest BCUT2D eigenvalue weighted by molar-refractivity contribution is -0.485. The molecule has 1 atom stereocenters. The number of rotatable bonds is 5. The Labute approximate surface area is 82.9 Å². The Balaban J connectivity index is 4.32. The molecular weight excluding hydrogens is 186 g/mol. The number of methoxy groups -OCH3 is 1. The topological polar surface area (TPSA) is 69.4 Å². The second kappa shape index (κ2) is 6.12. The van der Waals surface area contributed by atoms with Gasteiger partial charge in [-0.3, -0.25) is 14.9 Å². The number of nitro groups is 1. The number of ether oxygens (including phenoxy) is 1. The van der Waals surface area contributed by atoms with Gasteiger partial charge in [-0.05, 0) is 13.8 Å². The van der Waals surface area contributed by atoms with Gasteiger partial charge in [0.2, 0.25) is 6.54 Å². The Kier molecular flexibility index (Phi) is 5.52. The summed E-state index contributed by atoms with van der Waals surface area (Å²) in [5.41, 5.74) is 0.959. The zero-order valence-corrected chi connectivity index (χ0v) is 8.65. The number of esters is 1. The second-order valence-corrected chi connectivity index (χ2v) is 3.30. The van der Waals surface area contributed by atoms with E-state index in [1.807, 2.05) is 13.8 Å². The molecule has 0 rings (SSSR count). The molecule has 0 saturated carbocycles. The van der Waals surface area contributed by atoms with Crippen LogP contribution in [0.5, 0.6) is 0 Å².